The van der Waals surface area contributed by atoms with E-state index in [1.54, 1.807) is 4.90 Å². The molecule has 1 rings (SSSR count). The van der Waals surface area contributed by atoms with Crippen molar-refractivity contribution in [1.29, 1.82) is 0 Å². The van der Waals surface area contributed by atoms with E-state index in [0.717, 1.165) is 0 Å². The van der Waals surface area contributed by atoms with Gasteiger partial charge < -0.3 is 4.90 Å². The molecule has 0 unspecified atom stereocenters. The number of carbonyl (C=O) groups excluding carboxylic acids is 2. The lowest BCUT2D eigenvalue weighted by Gasteiger charge is -2.24. The zero-order valence-electron chi connectivity index (χ0n) is 7.89. The Morgan fingerprint density at radius 1 is 1.42 bits per heavy atom. The third kappa shape index (κ3) is 1.84. The molecule has 1 heterocycles. The molecule has 0 N–H and O–H groups in total. The highest BCUT2D eigenvalue weighted by molar-refractivity contribution is 5.91. The van der Waals surface area contributed by atoms with Crippen molar-refractivity contribution >= 4 is 11.7 Å². The number of hydrogen-bond donors (Lipinski definition) is 0. The van der Waals surface area contributed by atoms with E-state index in [2.05, 4.69) is 0 Å². The van der Waals surface area contributed by atoms with Gasteiger partial charge in [0.1, 0.15) is 0 Å². The van der Waals surface area contributed by atoms with Gasteiger partial charge in [-0.1, -0.05) is 20.8 Å². The molecule has 3 heteroatoms. The van der Waals surface area contributed by atoms with E-state index in [-0.39, 0.29) is 17.1 Å². The summed E-state index contributed by atoms with van der Waals surface area (Å²) in [6.45, 7) is 6.54. The largest absolute Gasteiger partial charge is 0.334 e. The van der Waals surface area contributed by atoms with Gasteiger partial charge in [0.15, 0.2) is 5.78 Å². The highest BCUT2D eigenvalue weighted by atomic mass is 16.2. The van der Waals surface area contributed by atoms with Gasteiger partial charge in [-0.25, -0.2) is 0 Å². The topological polar surface area (TPSA) is 37.4 Å². The van der Waals surface area contributed by atoms with Crippen LogP contribution >= 0.6 is 0 Å². The quantitative estimate of drug-likeness (QED) is 0.538. The van der Waals surface area contributed by atoms with Crippen LogP contribution in [-0.2, 0) is 9.59 Å². The molecule has 0 aromatic rings. The summed E-state index contributed by atoms with van der Waals surface area (Å²) in [5.74, 6) is 0.251. The van der Waals surface area contributed by atoms with Crippen molar-refractivity contribution in [3.05, 3.63) is 0 Å². The third-order valence-corrected chi connectivity index (χ3v) is 1.96. The van der Waals surface area contributed by atoms with Crippen LogP contribution in [0.4, 0.5) is 0 Å². The third-order valence-electron chi connectivity index (χ3n) is 1.96. The zero-order chi connectivity index (χ0) is 9.35. The fraction of sp³-hybridized carbons (Fsp3) is 0.778. The van der Waals surface area contributed by atoms with Crippen LogP contribution in [0.3, 0.4) is 0 Å². The van der Waals surface area contributed by atoms with Gasteiger partial charge in [-0.3, -0.25) is 9.59 Å². The van der Waals surface area contributed by atoms with Crippen LogP contribution in [-0.4, -0.2) is 29.7 Å². The number of Topliss-reactive ketones (excluding diaryl/α,β-unsaturated/α-hetero) is 1. The first-order chi connectivity index (χ1) is 5.41. The second-order valence-electron chi connectivity index (χ2n) is 4.27. The van der Waals surface area contributed by atoms with Crippen LogP contribution in [0.5, 0.6) is 0 Å². The van der Waals surface area contributed by atoms with E-state index >= 15 is 0 Å². The van der Waals surface area contributed by atoms with Crippen LogP contribution in [0.15, 0.2) is 0 Å². The fourth-order valence-electron chi connectivity index (χ4n) is 1.28. The number of amides is 1. The summed E-state index contributed by atoms with van der Waals surface area (Å²) < 4.78 is 0. The number of rotatable bonds is 0. The van der Waals surface area contributed by atoms with Crippen molar-refractivity contribution < 1.29 is 9.59 Å². The summed E-state index contributed by atoms with van der Waals surface area (Å²) in [5.41, 5.74) is -0.357. The number of likely N-dealkylation sites (tertiary alicyclic amines) is 1. The minimum absolute atomic E-state index is 0.0772. The van der Waals surface area contributed by atoms with Gasteiger partial charge in [0, 0.05) is 18.4 Å². The maximum absolute atomic E-state index is 11.6. The number of ketones is 1. The lowest BCUT2D eigenvalue weighted by molar-refractivity contribution is -0.139. The van der Waals surface area contributed by atoms with Gasteiger partial charge >= 0.3 is 0 Å². The summed E-state index contributed by atoms with van der Waals surface area (Å²) in [6.07, 6.45) is 0.530. The smallest absolute Gasteiger partial charge is 0.228 e. The van der Waals surface area contributed by atoms with E-state index in [4.69, 9.17) is 0 Å². The molecule has 0 aliphatic carbocycles. The Kier molecular flexibility index (Phi) is 2.22. The highest BCUT2D eigenvalue weighted by Crippen LogP contribution is 2.19. The summed E-state index contributed by atoms with van der Waals surface area (Å²) >= 11 is 0. The summed E-state index contributed by atoms with van der Waals surface area (Å²) in [5, 5.41) is 0. The van der Waals surface area contributed by atoms with Crippen LogP contribution in [0.2, 0.25) is 0 Å². The molecule has 0 radical (unpaired) electrons. The Labute approximate surface area is 72.7 Å². The molecule has 1 fully saturated rings. The molecule has 3 nitrogen and oxygen atoms in total. The molecule has 1 aliphatic heterocycles. The Bertz CT molecular complexity index is 215. The molecule has 0 spiro atoms. The van der Waals surface area contributed by atoms with Crippen molar-refractivity contribution in [2.75, 3.05) is 13.1 Å². The minimum Gasteiger partial charge on any atom is -0.334 e. The number of hydrogen-bond acceptors (Lipinski definition) is 2. The Balaban J connectivity index is 2.61. The van der Waals surface area contributed by atoms with E-state index in [9.17, 15) is 9.59 Å². The summed E-state index contributed by atoms with van der Waals surface area (Å²) in [6, 6.07) is 0. The average molecular weight is 169 g/mol. The molecular weight excluding hydrogens is 154 g/mol. The van der Waals surface area contributed by atoms with Gasteiger partial charge in [0.25, 0.3) is 0 Å². The van der Waals surface area contributed by atoms with Crippen LogP contribution in [0, 0.1) is 5.41 Å². The summed E-state index contributed by atoms with van der Waals surface area (Å²) in [4.78, 5) is 24.1. The summed E-state index contributed by atoms with van der Waals surface area (Å²) in [7, 11) is 0. The van der Waals surface area contributed by atoms with Gasteiger partial charge in [0.2, 0.25) is 5.91 Å². The van der Waals surface area contributed by atoms with Gasteiger partial charge in [-0.15, -0.1) is 0 Å². The molecule has 0 aromatic heterocycles. The second-order valence-corrected chi connectivity index (χ2v) is 4.27. The van der Waals surface area contributed by atoms with E-state index in [1.165, 1.54) is 0 Å². The first kappa shape index (κ1) is 9.23. The molecule has 12 heavy (non-hydrogen) atoms. The molecular formula is C9H15NO2. The molecule has 1 amide bonds. The number of carbonyl (C=O) groups is 2. The van der Waals surface area contributed by atoms with Crippen molar-refractivity contribution in [3.63, 3.8) is 0 Å². The van der Waals surface area contributed by atoms with Crippen LogP contribution in [0.1, 0.15) is 27.2 Å². The maximum Gasteiger partial charge on any atom is 0.228 e. The predicted octanol–water partition coefficient (Wildman–Crippen LogP) is 0.834. The van der Waals surface area contributed by atoms with Gasteiger partial charge in [-0.2, -0.15) is 0 Å². The highest BCUT2D eigenvalue weighted by Gasteiger charge is 2.31. The molecule has 0 aromatic carbocycles. The van der Waals surface area contributed by atoms with Gasteiger partial charge in [0.05, 0.1) is 6.54 Å². The minimum atomic E-state index is -0.357. The Hall–Kier alpha value is -0.860. The SMILES string of the molecule is CC(C)(C)C(=O)N1CCC(=O)C1. The Morgan fingerprint density at radius 2 is 2.00 bits per heavy atom. The lowest BCUT2D eigenvalue weighted by atomic mass is 9.95. The molecule has 0 saturated carbocycles. The number of nitrogens with zero attached hydrogens (tertiary/aromatic N) is 1. The molecule has 1 aliphatic rings. The monoisotopic (exact) mass is 169 g/mol. The predicted molar refractivity (Wildman–Crippen MR) is 45.7 cm³/mol. The Morgan fingerprint density at radius 3 is 2.33 bits per heavy atom. The van der Waals surface area contributed by atoms with E-state index in [0.29, 0.717) is 19.5 Å². The maximum atomic E-state index is 11.6. The van der Waals surface area contributed by atoms with Crippen LogP contribution in [0.25, 0.3) is 0 Å². The lowest BCUT2D eigenvalue weighted by Crippen LogP contribution is -2.37. The van der Waals surface area contributed by atoms with Gasteiger partial charge in [-0.05, 0) is 0 Å². The fourth-order valence-corrected chi connectivity index (χ4v) is 1.28. The molecule has 0 bridgehead atoms. The van der Waals surface area contributed by atoms with Crippen molar-refractivity contribution in [1.82, 2.24) is 4.90 Å². The normalized spacial score (nSPS) is 18.6. The average Bonchev–Trinajstić information content (AvgIpc) is 2.32. The zero-order valence-corrected chi connectivity index (χ0v) is 7.89. The molecule has 1 saturated heterocycles. The first-order valence-electron chi connectivity index (χ1n) is 4.22. The van der Waals surface area contributed by atoms with Crippen molar-refractivity contribution in [2.45, 2.75) is 27.2 Å². The van der Waals surface area contributed by atoms with Crippen molar-refractivity contribution in [3.8, 4) is 0 Å². The van der Waals surface area contributed by atoms with Crippen LogP contribution < -0.4 is 0 Å². The molecule has 68 valence electrons. The first-order valence-corrected chi connectivity index (χ1v) is 4.22. The second kappa shape index (κ2) is 2.88. The van der Waals surface area contributed by atoms with E-state index in [1.807, 2.05) is 20.8 Å². The standard InChI is InChI=1S/C9H15NO2/c1-9(2,3)8(12)10-5-4-7(11)6-10/h4-6H2,1-3H3. The van der Waals surface area contributed by atoms with Crippen molar-refractivity contribution in [2.24, 2.45) is 5.41 Å². The van der Waals surface area contributed by atoms with E-state index < -0.39 is 0 Å². The molecule has 0 atom stereocenters.